The van der Waals surface area contributed by atoms with E-state index in [2.05, 4.69) is 15.6 Å². The SMILES string of the molecule is C[C@@H](NC(=O)c1ccc(-c2ccncc2)cc1)c1cccc(C(=O)NC2CC2)c1. The summed E-state index contributed by atoms with van der Waals surface area (Å²) in [5.41, 5.74) is 4.21. The van der Waals surface area contributed by atoms with Crippen LogP contribution in [0.4, 0.5) is 0 Å². The number of hydrogen-bond donors (Lipinski definition) is 2. The van der Waals surface area contributed by atoms with Crippen molar-refractivity contribution in [2.45, 2.75) is 31.8 Å². The van der Waals surface area contributed by atoms with Crippen molar-refractivity contribution in [3.63, 3.8) is 0 Å². The molecule has 4 rings (SSSR count). The quantitative estimate of drug-likeness (QED) is 0.670. The number of carbonyl (C=O) groups is 2. The lowest BCUT2D eigenvalue weighted by Gasteiger charge is -2.16. The first kappa shape index (κ1) is 18.9. The molecule has 5 heteroatoms. The molecule has 1 aliphatic rings. The summed E-state index contributed by atoms with van der Waals surface area (Å²) in [6, 6.07) is 18.9. The molecule has 146 valence electrons. The highest BCUT2D eigenvalue weighted by Crippen LogP contribution is 2.21. The summed E-state index contributed by atoms with van der Waals surface area (Å²) in [5.74, 6) is -0.203. The van der Waals surface area contributed by atoms with Crippen LogP contribution < -0.4 is 10.6 Å². The van der Waals surface area contributed by atoms with E-state index in [4.69, 9.17) is 0 Å². The number of nitrogens with zero attached hydrogens (tertiary/aromatic N) is 1. The Kier molecular flexibility index (Phi) is 5.38. The molecule has 5 nitrogen and oxygen atoms in total. The van der Waals surface area contributed by atoms with Crippen LogP contribution in [0.3, 0.4) is 0 Å². The van der Waals surface area contributed by atoms with Crippen LogP contribution in [0, 0.1) is 0 Å². The molecule has 0 saturated heterocycles. The van der Waals surface area contributed by atoms with Gasteiger partial charge in [0.1, 0.15) is 0 Å². The number of amides is 2. The normalized spacial score (nSPS) is 14.1. The van der Waals surface area contributed by atoms with Crippen molar-refractivity contribution in [2.24, 2.45) is 0 Å². The van der Waals surface area contributed by atoms with Gasteiger partial charge in [0.05, 0.1) is 6.04 Å². The third-order valence-electron chi connectivity index (χ3n) is 5.07. The second-order valence-corrected chi connectivity index (χ2v) is 7.38. The van der Waals surface area contributed by atoms with E-state index in [0.717, 1.165) is 29.5 Å². The summed E-state index contributed by atoms with van der Waals surface area (Å²) in [6.45, 7) is 1.92. The van der Waals surface area contributed by atoms with Crippen molar-refractivity contribution in [1.29, 1.82) is 0 Å². The van der Waals surface area contributed by atoms with Crippen LogP contribution in [0.25, 0.3) is 11.1 Å². The Morgan fingerprint density at radius 3 is 2.28 bits per heavy atom. The van der Waals surface area contributed by atoms with Gasteiger partial charge in [-0.3, -0.25) is 14.6 Å². The molecule has 1 aromatic heterocycles. The Morgan fingerprint density at radius 2 is 1.59 bits per heavy atom. The third kappa shape index (κ3) is 4.69. The van der Waals surface area contributed by atoms with Crippen molar-refractivity contribution in [3.8, 4) is 11.1 Å². The molecule has 1 atom stereocenters. The van der Waals surface area contributed by atoms with E-state index in [1.54, 1.807) is 18.5 Å². The number of benzene rings is 2. The van der Waals surface area contributed by atoms with Crippen molar-refractivity contribution >= 4 is 11.8 Å². The smallest absolute Gasteiger partial charge is 0.251 e. The minimum atomic E-state index is -0.212. The van der Waals surface area contributed by atoms with Gasteiger partial charge in [-0.1, -0.05) is 24.3 Å². The summed E-state index contributed by atoms with van der Waals surface area (Å²) in [5, 5.41) is 6.00. The highest BCUT2D eigenvalue weighted by Gasteiger charge is 2.24. The lowest BCUT2D eigenvalue weighted by Crippen LogP contribution is -2.28. The van der Waals surface area contributed by atoms with Gasteiger partial charge in [-0.15, -0.1) is 0 Å². The zero-order chi connectivity index (χ0) is 20.2. The van der Waals surface area contributed by atoms with E-state index in [0.29, 0.717) is 17.2 Å². The second-order valence-electron chi connectivity index (χ2n) is 7.38. The van der Waals surface area contributed by atoms with Gasteiger partial charge in [0.15, 0.2) is 0 Å². The number of aromatic nitrogens is 1. The maximum atomic E-state index is 12.6. The van der Waals surface area contributed by atoms with E-state index < -0.39 is 0 Å². The van der Waals surface area contributed by atoms with E-state index in [9.17, 15) is 9.59 Å². The number of pyridine rings is 1. The maximum absolute atomic E-state index is 12.6. The first-order valence-corrected chi connectivity index (χ1v) is 9.82. The molecule has 0 radical (unpaired) electrons. The van der Waals surface area contributed by atoms with Crippen molar-refractivity contribution < 1.29 is 9.59 Å². The van der Waals surface area contributed by atoms with Gasteiger partial charge in [-0.05, 0) is 72.9 Å². The van der Waals surface area contributed by atoms with Gasteiger partial charge in [-0.25, -0.2) is 0 Å². The number of carbonyl (C=O) groups excluding carboxylic acids is 2. The van der Waals surface area contributed by atoms with Gasteiger partial charge in [0.25, 0.3) is 11.8 Å². The standard InChI is InChI=1S/C24H23N3O2/c1-16(20-3-2-4-21(15-20)24(29)27-22-9-10-22)26-23(28)19-7-5-17(6-8-19)18-11-13-25-14-12-18/h2-8,11-16,22H,9-10H2,1H3,(H,26,28)(H,27,29)/t16-/m1/s1. The zero-order valence-corrected chi connectivity index (χ0v) is 16.3. The molecule has 0 spiro atoms. The average molecular weight is 385 g/mol. The van der Waals surface area contributed by atoms with Crippen LogP contribution in [0.2, 0.25) is 0 Å². The lowest BCUT2D eigenvalue weighted by molar-refractivity contribution is 0.0937. The predicted octanol–water partition coefficient (Wildman–Crippen LogP) is 4.13. The van der Waals surface area contributed by atoms with Gasteiger partial charge in [0.2, 0.25) is 0 Å². The van der Waals surface area contributed by atoms with E-state index in [1.165, 1.54) is 0 Å². The van der Waals surface area contributed by atoms with Crippen molar-refractivity contribution in [2.75, 3.05) is 0 Å². The van der Waals surface area contributed by atoms with Crippen LogP contribution in [0.1, 0.15) is 52.1 Å². The van der Waals surface area contributed by atoms with Gasteiger partial charge in [-0.2, -0.15) is 0 Å². The molecule has 2 N–H and O–H groups in total. The molecule has 0 bridgehead atoms. The predicted molar refractivity (Wildman–Crippen MR) is 112 cm³/mol. The summed E-state index contributed by atoms with van der Waals surface area (Å²) in [6.07, 6.45) is 5.60. The molecule has 1 fully saturated rings. The molecule has 3 aromatic rings. The minimum absolute atomic E-state index is 0.0559. The molecular formula is C24H23N3O2. The topological polar surface area (TPSA) is 71.1 Å². The highest BCUT2D eigenvalue weighted by atomic mass is 16.2. The molecule has 0 unspecified atom stereocenters. The summed E-state index contributed by atoms with van der Waals surface area (Å²) < 4.78 is 0. The largest absolute Gasteiger partial charge is 0.349 e. The van der Waals surface area contributed by atoms with E-state index >= 15 is 0 Å². The number of nitrogens with one attached hydrogen (secondary N) is 2. The van der Waals surface area contributed by atoms with Crippen LogP contribution in [0.5, 0.6) is 0 Å². The summed E-state index contributed by atoms with van der Waals surface area (Å²) in [7, 11) is 0. The van der Waals surface area contributed by atoms with Crippen molar-refractivity contribution in [1.82, 2.24) is 15.6 Å². The van der Waals surface area contributed by atoms with Crippen LogP contribution in [-0.2, 0) is 0 Å². The molecule has 1 aliphatic carbocycles. The Hall–Kier alpha value is -3.47. The van der Waals surface area contributed by atoms with Crippen LogP contribution in [0.15, 0.2) is 73.1 Å². The van der Waals surface area contributed by atoms with E-state index in [1.807, 2.05) is 61.5 Å². The Bertz CT molecular complexity index is 1010. The average Bonchev–Trinajstić information content (AvgIpc) is 3.58. The highest BCUT2D eigenvalue weighted by molar-refractivity contribution is 5.96. The Balaban J connectivity index is 1.42. The first-order chi connectivity index (χ1) is 14.1. The molecule has 1 heterocycles. The second kappa shape index (κ2) is 8.27. The number of rotatable bonds is 6. The fourth-order valence-corrected chi connectivity index (χ4v) is 3.17. The number of hydrogen-bond acceptors (Lipinski definition) is 3. The molecule has 0 aliphatic heterocycles. The lowest BCUT2D eigenvalue weighted by atomic mass is 10.0. The summed E-state index contributed by atoms with van der Waals surface area (Å²) >= 11 is 0. The third-order valence-corrected chi connectivity index (χ3v) is 5.07. The maximum Gasteiger partial charge on any atom is 0.251 e. The van der Waals surface area contributed by atoms with Crippen LogP contribution in [-0.4, -0.2) is 22.8 Å². The minimum Gasteiger partial charge on any atom is -0.349 e. The van der Waals surface area contributed by atoms with Crippen LogP contribution >= 0.6 is 0 Å². The monoisotopic (exact) mass is 385 g/mol. The van der Waals surface area contributed by atoms with Crippen molar-refractivity contribution in [3.05, 3.63) is 89.7 Å². The molecule has 2 aromatic carbocycles. The molecule has 2 amide bonds. The van der Waals surface area contributed by atoms with Gasteiger partial charge < -0.3 is 10.6 Å². The molecule has 1 saturated carbocycles. The Labute approximate surface area is 170 Å². The fraction of sp³-hybridized carbons (Fsp3) is 0.208. The van der Waals surface area contributed by atoms with Gasteiger partial charge in [0, 0.05) is 29.6 Å². The fourth-order valence-electron chi connectivity index (χ4n) is 3.17. The first-order valence-electron chi connectivity index (χ1n) is 9.82. The molecular weight excluding hydrogens is 362 g/mol. The molecule has 29 heavy (non-hydrogen) atoms. The van der Waals surface area contributed by atoms with Gasteiger partial charge >= 0.3 is 0 Å². The van der Waals surface area contributed by atoms with E-state index in [-0.39, 0.29) is 17.9 Å². The zero-order valence-electron chi connectivity index (χ0n) is 16.3. The Morgan fingerprint density at radius 1 is 0.897 bits per heavy atom. The summed E-state index contributed by atoms with van der Waals surface area (Å²) in [4.78, 5) is 28.9.